The Hall–Kier alpha value is -3.27. The number of hydrogen-bond acceptors (Lipinski definition) is 6. The summed E-state index contributed by atoms with van der Waals surface area (Å²) in [5.41, 5.74) is 1.79. The van der Waals surface area contributed by atoms with Crippen molar-refractivity contribution in [2.75, 3.05) is 18.0 Å². The molecule has 0 bridgehead atoms. The van der Waals surface area contributed by atoms with Crippen LogP contribution in [0.2, 0.25) is 0 Å². The van der Waals surface area contributed by atoms with Crippen molar-refractivity contribution < 1.29 is 13.2 Å². The molecule has 35 heavy (non-hydrogen) atoms. The molecule has 10 heteroatoms. The van der Waals surface area contributed by atoms with E-state index in [0.717, 1.165) is 61.6 Å². The van der Waals surface area contributed by atoms with Crippen LogP contribution in [-0.4, -0.2) is 50.1 Å². The summed E-state index contributed by atoms with van der Waals surface area (Å²) in [5, 5.41) is 4.99. The number of nitrogens with zero attached hydrogens (tertiary/aromatic N) is 5. The summed E-state index contributed by atoms with van der Waals surface area (Å²) in [4.78, 5) is 23.3. The molecular weight excluding hydrogens is 455 g/mol. The molecule has 2 N–H and O–H groups in total. The van der Waals surface area contributed by atoms with Gasteiger partial charge in [-0.05, 0) is 55.8 Å². The third kappa shape index (κ3) is 3.30. The van der Waals surface area contributed by atoms with E-state index in [1.807, 2.05) is 6.20 Å². The molecule has 2 atom stereocenters. The van der Waals surface area contributed by atoms with Crippen LogP contribution in [0.1, 0.15) is 49.3 Å². The molecule has 0 radical (unpaired) electrons. The third-order valence-corrected chi connectivity index (χ3v) is 7.90. The SMILES string of the molecule is FC(F)(F)c1cc2c(-c3nc(N4CCC5NCCC54)c4c(C5CCC5)cncc4n3)ccnc2[nH]1. The minimum atomic E-state index is -4.49. The van der Waals surface area contributed by atoms with E-state index in [9.17, 15) is 13.2 Å². The highest BCUT2D eigenvalue weighted by Crippen LogP contribution is 2.44. The number of alkyl halides is 3. The van der Waals surface area contributed by atoms with E-state index < -0.39 is 11.9 Å². The number of nitrogens with one attached hydrogen (secondary N) is 2. The second-order valence-electron chi connectivity index (χ2n) is 9.82. The van der Waals surface area contributed by atoms with E-state index in [0.29, 0.717) is 34.8 Å². The van der Waals surface area contributed by atoms with E-state index in [1.165, 1.54) is 18.2 Å². The lowest BCUT2D eigenvalue weighted by Crippen LogP contribution is -2.35. The fraction of sp³-hybridized carbons (Fsp3) is 0.440. The first-order valence-corrected chi connectivity index (χ1v) is 12.2. The van der Waals surface area contributed by atoms with Gasteiger partial charge in [0, 0.05) is 47.4 Å². The lowest BCUT2D eigenvalue weighted by atomic mass is 9.79. The van der Waals surface area contributed by atoms with Crippen LogP contribution < -0.4 is 10.2 Å². The number of H-pyrrole nitrogens is 1. The quantitative estimate of drug-likeness (QED) is 0.440. The minimum Gasteiger partial charge on any atom is -0.351 e. The second-order valence-corrected chi connectivity index (χ2v) is 9.82. The zero-order chi connectivity index (χ0) is 23.7. The number of aromatic amines is 1. The molecule has 2 unspecified atom stereocenters. The summed E-state index contributed by atoms with van der Waals surface area (Å²) >= 11 is 0. The number of aromatic nitrogens is 5. The minimum absolute atomic E-state index is 0.169. The van der Waals surface area contributed by atoms with Crippen LogP contribution in [0.4, 0.5) is 19.0 Å². The first-order chi connectivity index (χ1) is 17.0. The van der Waals surface area contributed by atoms with Gasteiger partial charge in [-0.15, -0.1) is 0 Å². The van der Waals surface area contributed by atoms with Gasteiger partial charge in [0.05, 0.1) is 11.7 Å². The molecule has 0 amide bonds. The standard InChI is InChI=1S/C25H24F3N7/c26-25(27,28)20-10-15-14(4-7-31-22(15)33-20)23-32-18-12-29-11-16(13-2-1-3-13)21(18)24(34-23)35-9-6-17-19(35)5-8-30-17/h4,7,10-13,17,19,30H,1-3,5-6,8-9H2,(H,31,33). The van der Waals surface area contributed by atoms with Crippen molar-refractivity contribution in [2.45, 2.75) is 56.3 Å². The van der Waals surface area contributed by atoms with Gasteiger partial charge >= 0.3 is 6.18 Å². The number of anilines is 1. The molecule has 6 heterocycles. The van der Waals surface area contributed by atoms with E-state index in [-0.39, 0.29) is 5.65 Å². The van der Waals surface area contributed by atoms with Gasteiger partial charge in [0.1, 0.15) is 17.2 Å². The average molecular weight is 480 g/mol. The van der Waals surface area contributed by atoms with Crippen molar-refractivity contribution in [1.29, 1.82) is 0 Å². The van der Waals surface area contributed by atoms with Gasteiger partial charge in [-0.1, -0.05) is 6.42 Å². The van der Waals surface area contributed by atoms with Crippen LogP contribution in [-0.2, 0) is 6.18 Å². The van der Waals surface area contributed by atoms with E-state index in [4.69, 9.17) is 9.97 Å². The third-order valence-electron chi connectivity index (χ3n) is 7.90. The number of rotatable bonds is 3. The maximum atomic E-state index is 13.4. The predicted octanol–water partition coefficient (Wildman–Crippen LogP) is 4.80. The summed E-state index contributed by atoms with van der Waals surface area (Å²) < 4.78 is 40.2. The predicted molar refractivity (Wildman–Crippen MR) is 126 cm³/mol. The van der Waals surface area contributed by atoms with Gasteiger partial charge in [-0.2, -0.15) is 13.2 Å². The highest BCUT2D eigenvalue weighted by molar-refractivity contribution is 5.97. The van der Waals surface area contributed by atoms with Crippen LogP contribution in [0.5, 0.6) is 0 Å². The fourth-order valence-corrected chi connectivity index (χ4v) is 5.95. The van der Waals surface area contributed by atoms with Gasteiger partial charge in [0.25, 0.3) is 0 Å². The highest BCUT2D eigenvalue weighted by atomic mass is 19.4. The molecule has 2 saturated heterocycles. The summed E-state index contributed by atoms with van der Waals surface area (Å²) in [7, 11) is 0. The topological polar surface area (TPSA) is 82.6 Å². The Kier molecular flexibility index (Phi) is 4.58. The summed E-state index contributed by atoms with van der Waals surface area (Å²) in [6.45, 7) is 1.86. The Bertz CT molecular complexity index is 1440. The summed E-state index contributed by atoms with van der Waals surface area (Å²) in [5.74, 6) is 1.72. The monoisotopic (exact) mass is 479 g/mol. The van der Waals surface area contributed by atoms with Gasteiger partial charge < -0.3 is 15.2 Å². The molecule has 180 valence electrons. The van der Waals surface area contributed by atoms with Crippen LogP contribution >= 0.6 is 0 Å². The molecule has 4 aromatic rings. The van der Waals surface area contributed by atoms with E-state index >= 15 is 0 Å². The Morgan fingerprint density at radius 1 is 1.06 bits per heavy atom. The maximum absolute atomic E-state index is 13.4. The fourth-order valence-electron chi connectivity index (χ4n) is 5.95. The zero-order valence-electron chi connectivity index (χ0n) is 18.9. The molecule has 1 saturated carbocycles. The van der Waals surface area contributed by atoms with Crippen LogP contribution in [0.25, 0.3) is 33.3 Å². The molecular formula is C25H24F3N7. The molecule has 0 aromatic carbocycles. The number of halogens is 3. The van der Waals surface area contributed by atoms with Crippen LogP contribution in [0.15, 0.2) is 30.7 Å². The first kappa shape index (κ1) is 21.0. The van der Waals surface area contributed by atoms with Crippen molar-refractivity contribution in [3.8, 4) is 11.4 Å². The van der Waals surface area contributed by atoms with Crippen molar-refractivity contribution in [1.82, 2.24) is 30.2 Å². The normalized spacial score (nSPS) is 22.8. The van der Waals surface area contributed by atoms with Gasteiger partial charge in [-0.25, -0.2) is 15.0 Å². The largest absolute Gasteiger partial charge is 0.431 e. The van der Waals surface area contributed by atoms with Crippen molar-refractivity contribution in [3.05, 3.63) is 42.0 Å². The van der Waals surface area contributed by atoms with Gasteiger partial charge in [-0.3, -0.25) is 4.98 Å². The van der Waals surface area contributed by atoms with E-state index in [1.54, 1.807) is 12.3 Å². The smallest absolute Gasteiger partial charge is 0.351 e. The molecule has 7 rings (SSSR count). The Labute approximate surface area is 199 Å². The average Bonchev–Trinajstić information content (AvgIpc) is 3.52. The van der Waals surface area contributed by atoms with Crippen molar-refractivity contribution in [2.24, 2.45) is 0 Å². The molecule has 3 fully saturated rings. The number of pyridine rings is 2. The van der Waals surface area contributed by atoms with Crippen LogP contribution in [0.3, 0.4) is 0 Å². The van der Waals surface area contributed by atoms with E-state index in [2.05, 4.69) is 25.2 Å². The Balaban J connectivity index is 1.46. The molecule has 3 aliphatic rings. The first-order valence-electron chi connectivity index (χ1n) is 12.2. The molecule has 7 nitrogen and oxygen atoms in total. The van der Waals surface area contributed by atoms with Crippen LogP contribution in [0, 0.1) is 0 Å². The molecule has 0 spiro atoms. The molecule has 4 aromatic heterocycles. The van der Waals surface area contributed by atoms with Gasteiger partial charge in [0.2, 0.25) is 0 Å². The molecule has 1 aliphatic carbocycles. The summed E-state index contributed by atoms with van der Waals surface area (Å²) in [6, 6.07) is 3.57. The van der Waals surface area contributed by atoms with Crippen molar-refractivity contribution >= 4 is 27.8 Å². The summed E-state index contributed by atoms with van der Waals surface area (Å²) in [6.07, 6.45) is 6.26. The Morgan fingerprint density at radius 3 is 2.74 bits per heavy atom. The Morgan fingerprint density at radius 2 is 1.94 bits per heavy atom. The lowest BCUT2D eigenvalue weighted by molar-refractivity contribution is -0.140. The molecule has 2 aliphatic heterocycles. The highest BCUT2D eigenvalue weighted by Gasteiger charge is 2.40. The van der Waals surface area contributed by atoms with Crippen molar-refractivity contribution in [3.63, 3.8) is 0 Å². The lowest BCUT2D eigenvalue weighted by Gasteiger charge is -2.30. The van der Waals surface area contributed by atoms with Gasteiger partial charge in [0.15, 0.2) is 5.82 Å². The maximum Gasteiger partial charge on any atom is 0.431 e. The zero-order valence-corrected chi connectivity index (χ0v) is 18.9. The number of fused-ring (bicyclic) bond motifs is 3. The number of hydrogen-bond donors (Lipinski definition) is 2. The second kappa shape index (κ2) is 7.61.